The third-order valence-corrected chi connectivity index (χ3v) is 4.96. The van der Waals surface area contributed by atoms with Gasteiger partial charge in [-0.3, -0.25) is 4.79 Å². The van der Waals surface area contributed by atoms with Crippen LogP contribution >= 0.6 is 0 Å². The van der Waals surface area contributed by atoms with Crippen LogP contribution in [0.3, 0.4) is 0 Å². The van der Waals surface area contributed by atoms with Gasteiger partial charge in [-0.25, -0.2) is 4.79 Å². The highest BCUT2D eigenvalue weighted by Gasteiger charge is 2.23. The van der Waals surface area contributed by atoms with Crippen molar-refractivity contribution in [2.24, 2.45) is 0 Å². The largest absolute Gasteiger partial charge is 0.464 e. The van der Waals surface area contributed by atoms with E-state index in [4.69, 9.17) is 4.42 Å². The van der Waals surface area contributed by atoms with Gasteiger partial charge in [-0.1, -0.05) is 0 Å². The molecule has 3 N–H and O–H groups in total. The van der Waals surface area contributed by atoms with Crippen LogP contribution in [0.25, 0.3) is 11.0 Å². The molecule has 0 bridgehead atoms. The van der Waals surface area contributed by atoms with Crippen LogP contribution in [0.15, 0.2) is 47.1 Å². The van der Waals surface area contributed by atoms with Crippen LogP contribution in [0.1, 0.15) is 29.5 Å². The van der Waals surface area contributed by atoms with E-state index in [9.17, 15) is 9.59 Å². The minimum atomic E-state index is -0.198. The second kappa shape index (κ2) is 7.38. The van der Waals surface area contributed by atoms with Gasteiger partial charge in [-0.05, 0) is 74.2 Å². The van der Waals surface area contributed by atoms with Crippen LogP contribution in [0.4, 0.5) is 16.2 Å². The molecule has 1 heterocycles. The van der Waals surface area contributed by atoms with E-state index in [1.807, 2.05) is 19.9 Å². The van der Waals surface area contributed by atoms with E-state index in [1.165, 1.54) is 5.56 Å². The summed E-state index contributed by atoms with van der Waals surface area (Å²) in [6.45, 7) is 4.09. The van der Waals surface area contributed by atoms with Gasteiger partial charge in [0.2, 0.25) is 5.91 Å². The summed E-state index contributed by atoms with van der Waals surface area (Å²) in [5.74, 6) is -0.117. The molecule has 1 saturated carbocycles. The SMILES string of the molecule is Cc1cc2occ(CC(=O)Nc3ccc(NC(=O)NC4CC4)cc3)c2cc1C. The number of urea groups is 1. The Hall–Kier alpha value is -3.28. The molecule has 1 aliphatic carbocycles. The molecule has 3 aromatic rings. The third kappa shape index (κ3) is 4.17. The number of rotatable bonds is 5. The minimum absolute atomic E-state index is 0.117. The van der Waals surface area contributed by atoms with Crippen molar-refractivity contribution in [1.82, 2.24) is 5.32 Å². The summed E-state index contributed by atoms with van der Waals surface area (Å²) in [7, 11) is 0. The van der Waals surface area contributed by atoms with Crippen molar-refractivity contribution in [3.63, 3.8) is 0 Å². The third-order valence-electron chi connectivity index (χ3n) is 4.96. The summed E-state index contributed by atoms with van der Waals surface area (Å²) in [4.78, 5) is 24.2. The number of aryl methyl sites for hydroxylation is 2. The van der Waals surface area contributed by atoms with Crippen molar-refractivity contribution >= 4 is 34.3 Å². The van der Waals surface area contributed by atoms with Crippen molar-refractivity contribution in [3.8, 4) is 0 Å². The van der Waals surface area contributed by atoms with Gasteiger partial charge in [0.15, 0.2) is 0 Å². The molecule has 6 nitrogen and oxygen atoms in total. The smallest absolute Gasteiger partial charge is 0.319 e. The average Bonchev–Trinajstić information content (AvgIpc) is 3.39. The molecule has 144 valence electrons. The molecule has 0 atom stereocenters. The van der Waals surface area contributed by atoms with Gasteiger partial charge in [0, 0.05) is 28.4 Å². The molecule has 1 aromatic heterocycles. The predicted molar refractivity (Wildman–Crippen MR) is 110 cm³/mol. The Morgan fingerprint density at radius 2 is 1.64 bits per heavy atom. The molecular weight excluding hydrogens is 354 g/mol. The number of amides is 3. The minimum Gasteiger partial charge on any atom is -0.464 e. The Kier molecular flexibility index (Phi) is 4.77. The first kappa shape index (κ1) is 18.1. The number of hydrogen-bond acceptors (Lipinski definition) is 3. The second-order valence-electron chi connectivity index (χ2n) is 7.37. The lowest BCUT2D eigenvalue weighted by Gasteiger charge is -2.08. The number of benzene rings is 2. The fraction of sp³-hybridized carbons (Fsp3) is 0.273. The first-order chi connectivity index (χ1) is 13.5. The summed E-state index contributed by atoms with van der Waals surface area (Å²) >= 11 is 0. The van der Waals surface area contributed by atoms with Gasteiger partial charge in [-0.15, -0.1) is 0 Å². The Balaban J connectivity index is 1.37. The van der Waals surface area contributed by atoms with E-state index in [2.05, 4.69) is 22.0 Å². The zero-order valence-corrected chi connectivity index (χ0v) is 16.0. The highest BCUT2D eigenvalue weighted by atomic mass is 16.3. The maximum atomic E-state index is 12.4. The van der Waals surface area contributed by atoms with Crippen LogP contribution in [0.2, 0.25) is 0 Å². The molecule has 6 heteroatoms. The molecule has 2 aromatic carbocycles. The number of hydrogen-bond donors (Lipinski definition) is 3. The zero-order valence-electron chi connectivity index (χ0n) is 16.0. The number of furan rings is 1. The quantitative estimate of drug-likeness (QED) is 0.611. The number of carbonyl (C=O) groups is 2. The summed E-state index contributed by atoms with van der Waals surface area (Å²) in [5.41, 5.74) is 5.36. The van der Waals surface area contributed by atoms with E-state index in [1.54, 1.807) is 30.5 Å². The Labute approximate surface area is 163 Å². The van der Waals surface area contributed by atoms with Gasteiger partial charge in [0.25, 0.3) is 0 Å². The van der Waals surface area contributed by atoms with Gasteiger partial charge in [-0.2, -0.15) is 0 Å². The fourth-order valence-electron chi connectivity index (χ4n) is 3.07. The van der Waals surface area contributed by atoms with E-state index < -0.39 is 0 Å². The Morgan fingerprint density at radius 1 is 1.00 bits per heavy atom. The van der Waals surface area contributed by atoms with Crippen molar-refractivity contribution in [2.75, 3.05) is 10.6 Å². The van der Waals surface area contributed by atoms with E-state index in [0.29, 0.717) is 17.4 Å². The van der Waals surface area contributed by atoms with Crippen molar-refractivity contribution in [3.05, 3.63) is 59.4 Å². The molecule has 0 saturated heterocycles. The Morgan fingerprint density at radius 3 is 2.32 bits per heavy atom. The molecular formula is C22H23N3O3. The number of fused-ring (bicyclic) bond motifs is 1. The number of anilines is 2. The topological polar surface area (TPSA) is 83.4 Å². The molecule has 0 spiro atoms. The first-order valence-corrected chi connectivity index (χ1v) is 9.43. The highest BCUT2D eigenvalue weighted by molar-refractivity contribution is 5.96. The highest BCUT2D eigenvalue weighted by Crippen LogP contribution is 2.25. The van der Waals surface area contributed by atoms with Crippen LogP contribution in [0.5, 0.6) is 0 Å². The summed E-state index contributed by atoms with van der Waals surface area (Å²) in [5, 5.41) is 9.51. The van der Waals surface area contributed by atoms with Crippen LogP contribution in [-0.4, -0.2) is 18.0 Å². The lowest BCUT2D eigenvalue weighted by molar-refractivity contribution is -0.115. The molecule has 1 fully saturated rings. The van der Waals surface area contributed by atoms with Gasteiger partial charge in [0.1, 0.15) is 5.58 Å². The fourth-order valence-corrected chi connectivity index (χ4v) is 3.07. The maximum absolute atomic E-state index is 12.4. The van der Waals surface area contributed by atoms with Gasteiger partial charge >= 0.3 is 6.03 Å². The first-order valence-electron chi connectivity index (χ1n) is 9.43. The molecule has 28 heavy (non-hydrogen) atoms. The average molecular weight is 377 g/mol. The lowest BCUT2D eigenvalue weighted by Crippen LogP contribution is -2.30. The molecule has 0 radical (unpaired) electrons. The maximum Gasteiger partial charge on any atom is 0.319 e. The molecule has 0 unspecified atom stereocenters. The van der Waals surface area contributed by atoms with E-state index in [0.717, 1.165) is 34.9 Å². The van der Waals surface area contributed by atoms with E-state index >= 15 is 0 Å². The van der Waals surface area contributed by atoms with E-state index in [-0.39, 0.29) is 18.4 Å². The van der Waals surface area contributed by atoms with Crippen molar-refractivity contribution < 1.29 is 14.0 Å². The standard InChI is InChI=1S/C22H23N3O3/c1-13-9-19-15(12-28-20(19)10-14(13)2)11-21(26)23-16-3-5-17(6-4-16)24-22(27)25-18-7-8-18/h3-6,9-10,12,18H,7-8,11H2,1-2H3,(H,23,26)(H2,24,25,27). The van der Waals surface area contributed by atoms with Crippen molar-refractivity contribution in [2.45, 2.75) is 39.2 Å². The Bertz CT molecular complexity index is 1030. The van der Waals surface area contributed by atoms with Gasteiger partial charge in [0.05, 0.1) is 12.7 Å². The molecule has 4 rings (SSSR count). The second-order valence-corrected chi connectivity index (χ2v) is 7.37. The molecule has 3 amide bonds. The van der Waals surface area contributed by atoms with Crippen LogP contribution in [-0.2, 0) is 11.2 Å². The molecule has 0 aliphatic heterocycles. The van der Waals surface area contributed by atoms with Crippen molar-refractivity contribution in [1.29, 1.82) is 0 Å². The van der Waals surface area contributed by atoms with Crippen LogP contribution in [0, 0.1) is 13.8 Å². The van der Waals surface area contributed by atoms with Crippen LogP contribution < -0.4 is 16.0 Å². The number of carbonyl (C=O) groups excluding carboxylic acids is 2. The zero-order chi connectivity index (χ0) is 19.7. The lowest BCUT2D eigenvalue weighted by atomic mass is 10.0. The monoisotopic (exact) mass is 377 g/mol. The summed E-state index contributed by atoms with van der Waals surface area (Å²) in [6, 6.07) is 11.2. The number of nitrogens with one attached hydrogen (secondary N) is 3. The normalized spacial score (nSPS) is 13.4. The summed E-state index contributed by atoms with van der Waals surface area (Å²) < 4.78 is 5.59. The molecule has 1 aliphatic rings. The summed E-state index contributed by atoms with van der Waals surface area (Å²) in [6.07, 6.45) is 3.97. The van der Waals surface area contributed by atoms with Gasteiger partial charge < -0.3 is 20.4 Å². The predicted octanol–water partition coefficient (Wildman–Crippen LogP) is 4.51.